The average molecular weight is 169 g/mol. The van der Waals surface area contributed by atoms with E-state index >= 15 is 0 Å². The molecule has 0 aliphatic heterocycles. The highest BCUT2D eigenvalue weighted by atomic mass is 16.6. The maximum absolute atomic E-state index is 5.39. The van der Waals surface area contributed by atoms with Crippen LogP contribution in [0.2, 0.25) is 0 Å². The molecule has 12 heavy (non-hydrogen) atoms. The van der Waals surface area contributed by atoms with Gasteiger partial charge in [0, 0.05) is 6.07 Å². The third kappa shape index (κ3) is 2.01. The fourth-order valence-corrected chi connectivity index (χ4v) is 0.929. The van der Waals surface area contributed by atoms with Crippen LogP contribution in [-0.4, -0.2) is 13.7 Å². The summed E-state index contributed by atoms with van der Waals surface area (Å²) in [4.78, 5) is 0. The number of nitrogens with one attached hydrogen (secondary N) is 1. The van der Waals surface area contributed by atoms with Crippen LogP contribution in [0.25, 0.3) is 0 Å². The molecule has 1 N–H and O–H groups in total. The van der Waals surface area contributed by atoms with E-state index in [0.717, 1.165) is 5.76 Å². The largest absolute Gasteiger partial charge is 0.465 e. The summed E-state index contributed by atoms with van der Waals surface area (Å²) < 4.78 is 10.6. The van der Waals surface area contributed by atoms with E-state index in [4.69, 9.17) is 9.15 Å². The first-order chi connectivity index (χ1) is 5.77. The lowest BCUT2D eigenvalue weighted by Crippen LogP contribution is -2.11. The molecule has 3 heteroatoms. The van der Waals surface area contributed by atoms with E-state index in [2.05, 4.69) is 5.32 Å². The van der Waals surface area contributed by atoms with Gasteiger partial charge >= 0.3 is 0 Å². The molecule has 1 aromatic heterocycles. The van der Waals surface area contributed by atoms with E-state index in [1.165, 1.54) is 0 Å². The number of hydrogen-bond donors (Lipinski definition) is 1. The first-order valence-corrected chi connectivity index (χ1v) is 4.17. The normalized spacial score (nSPS) is 12.9. The molecule has 0 fully saturated rings. The molecular weight excluding hydrogens is 154 g/mol. The number of hydrogen-bond acceptors (Lipinski definition) is 3. The molecule has 0 aromatic carbocycles. The summed E-state index contributed by atoms with van der Waals surface area (Å²) in [5.74, 6) is 1.50. The monoisotopic (exact) mass is 169 g/mol. The minimum atomic E-state index is 0.235. The van der Waals surface area contributed by atoms with Gasteiger partial charge in [0.25, 0.3) is 5.95 Å². The van der Waals surface area contributed by atoms with Crippen molar-refractivity contribution in [3.63, 3.8) is 0 Å². The Labute approximate surface area is 72.7 Å². The van der Waals surface area contributed by atoms with Gasteiger partial charge in [-0.25, -0.2) is 0 Å². The Balaban J connectivity index is 2.63. The molecule has 1 aromatic rings. The highest BCUT2D eigenvalue weighted by molar-refractivity contribution is 5.14. The fraction of sp³-hybridized carbons (Fsp3) is 0.556. The van der Waals surface area contributed by atoms with E-state index in [0.29, 0.717) is 12.6 Å². The zero-order chi connectivity index (χ0) is 8.97. The van der Waals surface area contributed by atoms with Crippen LogP contribution < -0.4 is 10.1 Å². The van der Waals surface area contributed by atoms with Crippen LogP contribution in [0.5, 0.6) is 5.95 Å². The van der Waals surface area contributed by atoms with Crippen molar-refractivity contribution in [2.24, 2.45) is 0 Å². The second-order valence-electron chi connectivity index (χ2n) is 2.60. The van der Waals surface area contributed by atoms with E-state index in [1.807, 2.05) is 33.0 Å². The summed E-state index contributed by atoms with van der Waals surface area (Å²) in [5, 5.41) is 3.09. The zero-order valence-electron chi connectivity index (χ0n) is 7.76. The number of ether oxygens (including phenoxy) is 1. The lowest BCUT2D eigenvalue weighted by Gasteiger charge is -2.05. The van der Waals surface area contributed by atoms with Crippen molar-refractivity contribution in [3.05, 3.63) is 17.9 Å². The quantitative estimate of drug-likeness (QED) is 0.748. The topological polar surface area (TPSA) is 34.4 Å². The smallest absolute Gasteiger partial charge is 0.284 e. The van der Waals surface area contributed by atoms with E-state index < -0.39 is 0 Å². The predicted molar refractivity (Wildman–Crippen MR) is 47.4 cm³/mol. The Kier molecular flexibility index (Phi) is 3.17. The van der Waals surface area contributed by atoms with Gasteiger partial charge in [0.15, 0.2) is 0 Å². The molecule has 3 nitrogen and oxygen atoms in total. The lowest BCUT2D eigenvalue weighted by molar-refractivity contribution is 0.245. The molecule has 0 spiro atoms. The predicted octanol–water partition coefficient (Wildman–Crippen LogP) is 1.96. The molecule has 0 radical (unpaired) electrons. The Morgan fingerprint density at radius 1 is 1.58 bits per heavy atom. The second kappa shape index (κ2) is 4.16. The highest BCUT2D eigenvalue weighted by Crippen LogP contribution is 2.20. The van der Waals surface area contributed by atoms with Crippen LogP contribution in [0.3, 0.4) is 0 Å². The summed E-state index contributed by atoms with van der Waals surface area (Å²) >= 11 is 0. The molecule has 0 aliphatic rings. The van der Waals surface area contributed by atoms with Gasteiger partial charge in [-0.05, 0) is 27.0 Å². The van der Waals surface area contributed by atoms with Crippen molar-refractivity contribution in [3.8, 4) is 5.95 Å². The van der Waals surface area contributed by atoms with Gasteiger partial charge in [-0.1, -0.05) is 0 Å². The SMILES string of the molecule is CCOc1ccc(C(C)NC)o1. The minimum absolute atomic E-state index is 0.235. The Morgan fingerprint density at radius 2 is 2.33 bits per heavy atom. The standard InChI is InChI=1S/C9H15NO2/c1-4-11-9-6-5-8(12-9)7(2)10-3/h5-7,10H,4H2,1-3H3. The Bertz CT molecular complexity index is 232. The minimum Gasteiger partial charge on any atom is -0.465 e. The van der Waals surface area contributed by atoms with Crippen molar-refractivity contribution in [1.29, 1.82) is 0 Å². The fourth-order valence-electron chi connectivity index (χ4n) is 0.929. The summed E-state index contributed by atoms with van der Waals surface area (Å²) in [6, 6.07) is 4.00. The molecule has 0 aliphatic carbocycles. The number of rotatable bonds is 4. The lowest BCUT2D eigenvalue weighted by atomic mass is 10.3. The van der Waals surface area contributed by atoms with Gasteiger partial charge in [0.1, 0.15) is 5.76 Å². The molecule has 0 saturated carbocycles. The van der Waals surface area contributed by atoms with E-state index in [9.17, 15) is 0 Å². The van der Waals surface area contributed by atoms with Gasteiger partial charge in [-0.3, -0.25) is 0 Å². The third-order valence-electron chi connectivity index (χ3n) is 1.75. The highest BCUT2D eigenvalue weighted by Gasteiger charge is 2.07. The maximum atomic E-state index is 5.39. The molecule has 1 unspecified atom stereocenters. The summed E-state index contributed by atoms with van der Waals surface area (Å²) in [7, 11) is 1.90. The van der Waals surface area contributed by atoms with Crippen molar-refractivity contribution < 1.29 is 9.15 Å². The van der Waals surface area contributed by atoms with Crippen molar-refractivity contribution in [2.45, 2.75) is 19.9 Å². The van der Waals surface area contributed by atoms with Crippen LogP contribution in [0.4, 0.5) is 0 Å². The van der Waals surface area contributed by atoms with Crippen LogP contribution in [0, 0.1) is 0 Å². The molecule has 1 rings (SSSR count). The molecule has 68 valence electrons. The summed E-state index contributed by atoms with van der Waals surface area (Å²) in [6.07, 6.45) is 0. The molecule has 0 bridgehead atoms. The molecule has 0 saturated heterocycles. The van der Waals surface area contributed by atoms with E-state index in [-0.39, 0.29) is 6.04 Å². The van der Waals surface area contributed by atoms with Crippen LogP contribution in [-0.2, 0) is 0 Å². The first-order valence-electron chi connectivity index (χ1n) is 4.17. The molecular formula is C9H15NO2. The van der Waals surface area contributed by atoms with Gasteiger partial charge in [0.05, 0.1) is 12.6 Å². The summed E-state index contributed by atoms with van der Waals surface area (Å²) in [6.45, 7) is 4.61. The first kappa shape index (κ1) is 9.13. The van der Waals surface area contributed by atoms with Crippen LogP contribution >= 0.6 is 0 Å². The van der Waals surface area contributed by atoms with Crippen LogP contribution in [0.15, 0.2) is 16.5 Å². The number of furan rings is 1. The summed E-state index contributed by atoms with van der Waals surface area (Å²) in [5.41, 5.74) is 0. The zero-order valence-corrected chi connectivity index (χ0v) is 7.76. The second-order valence-corrected chi connectivity index (χ2v) is 2.60. The molecule has 0 amide bonds. The Hall–Kier alpha value is -0.960. The third-order valence-corrected chi connectivity index (χ3v) is 1.75. The average Bonchev–Trinajstić information content (AvgIpc) is 2.52. The van der Waals surface area contributed by atoms with Crippen LogP contribution in [0.1, 0.15) is 25.6 Å². The van der Waals surface area contributed by atoms with Gasteiger partial charge in [0.2, 0.25) is 0 Å². The Morgan fingerprint density at radius 3 is 2.92 bits per heavy atom. The van der Waals surface area contributed by atoms with Crippen molar-refractivity contribution in [2.75, 3.05) is 13.7 Å². The van der Waals surface area contributed by atoms with Crippen molar-refractivity contribution >= 4 is 0 Å². The molecule has 1 atom stereocenters. The van der Waals surface area contributed by atoms with Gasteiger partial charge < -0.3 is 14.5 Å². The van der Waals surface area contributed by atoms with E-state index in [1.54, 1.807) is 0 Å². The molecule has 1 heterocycles. The van der Waals surface area contributed by atoms with Gasteiger partial charge in [-0.2, -0.15) is 0 Å². The van der Waals surface area contributed by atoms with Crippen molar-refractivity contribution in [1.82, 2.24) is 5.32 Å². The maximum Gasteiger partial charge on any atom is 0.284 e. The van der Waals surface area contributed by atoms with Gasteiger partial charge in [-0.15, -0.1) is 0 Å².